The van der Waals surface area contributed by atoms with Crippen molar-refractivity contribution in [1.82, 2.24) is 4.90 Å². The van der Waals surface area contributed by atoms with Crippen LogP contribution in [0.4, 0.5) is 0 Å². The highest BCUT2D eigenvalue weighted by Gasteiger charge is 2.17. The highest BCUT2D eigenvalue weighted by molar-refractivity contribution is 5.81. The summed E-state index contributed by atoms with van der Waals surface area (Å²) in [4.78, 5) is 23.8. The molecule has 4 heteroatoms. The number of carboxylic acids is 1. The van der Waals surface area contributed by atoms with Gasteiger partial charge in [0.2, 0.25) is 5.91 Å². The van der Waals surface area contributed by atoms with Gasteiger partial charge < -0.3 is 14.8 Å². The van der Waals surface area contributed by atoms with E-state index in [9.17, 15) is 14.7 Å². The van der Waals surface area contributed by atoms with Gasteiger partial charge in [0, 0.05) is 25.5 Å². The van der Waals surface area contributed by atoms with Gasteiger partial charge in [0.15, 0.2) is 0 Å². The molecule has 1 amide bonds. The van der Waals surface area contributed by atoms with Crippen molar-refractivity contribution in [3.63, 3.8) is 0 Å². The van der Waals surface area contributed by atoms with Crippen LogP contribution in [0, 0.1) is 0 Å². The Morgan fingerprint density at radius 1 is 1.16 bits per heavy atom. The molecule has 1 aliphatic heterocycles. The normalized spacial score (nSPS) is 14.9. The summed E-state index contributed by atoms with van der Waals surface area (Å²) in [6.07, 6.45) is 2.66. The van der Waals surface area contributed by atoms with Crippen LogP contribution in [0.25, 0.3) is 5.57 Å². The van der Waals surface area contributed by atoms with E-state index in [2.05, 4.69) is 12.1 Å². The van der Waals surface area contributed by atoms with E-state index in [1.54, 1.807) is 4.90 Å². The van der Waals surface area contributed by atoms with Gasteiger partial charge in [0.25, 0.3) is 0 Å². The Bertz CT molecular complexity index is 493. The van der Waals surface area contributed by atoms with Crippen LogP contribution in [0.3, 0.4) is 0 Å². The van der Waals surface area contributed by atoms with Gasteiger partial charge in [-0.2, -0.15) is 0 Å². The molecule has 19 heavy (non-hydrogen) atoms. The lowest BCUT2D eigenvalue weighted by atomic mass is 9.99. The summed E-state index contributed by atoms with van der Waals surface area (Å²) in [6, 6.07) is 10.1. The quantitative estimate of drug-likeness (QED) is 0.803. The van der Waals surface area contributed by atoms with E-state index in [-0.39, 0.29) is 18.7 Å². The van der Waals surface area contributed by atoms with Crippen molar-refractivity contribution in [2.24, 2.45) is 0 Å². The van der Waals surface area contributed by atoms with Gasteiger partial charge in [0.1, 0.15) is 0 Å². The number of benzene rings is 1. The first-order valence-electron chi connectivity index (χ1n) is 6.39. The van der Waals surface area contributed by atoms with Crippen molar-refractivity contribution in [2.75, 3.05) is 13.1 Å². The molecule has 0 spiro atoms. The number of amides is 1. The zero-order chi connectivity index (χ0) is 13.7. The standard InChI is InChI=1S/C15H17NO3/c17-14(6-7-15(18)19)16-10-8-13(9-11-16)12-4-2-1-3-5-12/h1-5,8H,6-7,9-11H2,(H,18,19)/p-1. The third-order valence-corrected chi connectivity index (χ3v) is 3.25. The summed E-state index contributed by atoms with van der Waals surface area (Å²) < 4.78 is 0. The molecule has 0 aromatic heterocycles. The molecular formula is C15H16NO3-. The maximum atomic E-state index is 11.8. The monoisotopic (exact) mass is 258 g/mol. The Kier molecular flexibility index (Phi) is 4.34. The molecule has 100 valence electrons. The van der Waals surface area contributed by atoms with E-state index in [1.807, 2.05) is 24.3 Å². The third kappa shape index (κ3) is 3.68. The minimum atomic E-state index is -1.18. The SMILES string of the molecule is O=C([O-])CCC(=O)N1CC=C(c2ccccc2)CC1. The van der Waals surface area contributed by atoms with Gasteiger partial charge in [-0.3, -0.25) is 4.79 Å². The second-order valence-corrected chi connectivity index (χ2v) is 4.56. The Balaban J connectivity index is 1.92. The lowest BCUT2D eigenvalue weighted by molar-refractivity contribution is -0.305. The van der Waals surface area contributed by atoms with Crippen molar-refractivity contribution < 1.29 is 14.7 Å². The number of hydrogen-bond donors (Lipinski definition) is 0. The average molecular weight is 258 g/mol. The van der Waals surface area contributed by atoms with Gasteiger partial charge in [-0.1, -0.05) is 36.4 Å². The Morgan fingerprint density at radius 3 is 2.47 bits per heavy atom. The third-order valence-electron chi connectivity index (χ3n) is 3.25. The van der Waals surface area contributed by atoms with Crippen molar-refractivity contribution in [3.8, 4) is 0 Å². The van der Waals surface area contributed by atoms with E-state index >= 15 is 0 Å². The molecule has 0 fully saturated rings. The van der Waals surface area contributed by atoms with Crippen LogP contribution >= 0.6 is 0 Å². The number of carbonyl (C=O) groups excluding carboxylic acids is 2. The van der Waals surface area contributed by atoms with Crippen LogP contribution in [0.2, 0.25) is 0 Å². The Hall–Kier alpha value is -2.10. The van der Waals surface area contributed by atoms with Crippen LogP contribution in [-0.4, -0.2) is 29.9 Å². The number of nitrogens with zero attached hydrogens (tertiary/aromatic N) is 1. The molecule has 0 aliphatic carbocycles. The molecule has 0 unspecified atom stereocenters. The predicted octanol–water partition coefficient (Wildman–Crippen LogP) is 0.832. The molecule has 1 aliphatic rings. The molecule has 1 heterocycles. The first kappa shape index (κ1) is 13.3. The zero-order valence-corrected chi connectivity index (χ0v) is 10.7. The number of carboxylic acid groups (broad SMARTS) is 1. The molecule has 0 N–H and O–H groups in total. The first-order valence-corrected chi connectivity index (χ1v) is 6.39. The van der Waals surface area contributed by atoms with Crippen LogP contribution in [0.5, 0.6) is 0 Å². The number of rotatable bonds is 4. The summed E-state index contributed by atoms with van der Waals surface area (Å²) in [5.74, 6) is -1.29. The van der Waals surface area contributed by atoms with E-state index < -0.39 is 5.97 Å². The molecule has 1 aromatic rings. The molecular weight excluding hydrogens is 242 g/mol. The van der Waals surface area contributed by atoms with Gasteiger partial charge in [-0.15, -0.1) is 0 Å². The van der Waals surface area contributed by atoms with Gasteiger partial charge in [0.05, 0.1) is 0 Å². The summed E-state index contributed by atoms with van der Waals surface area (Å²) in [7, 11) is 0. The maximum Gasteiger partial charge on any atom is 0.223 e. The second-order valence-electron chi connectivity index (χ2n) is 4.56. The predicted molar refractivity (Wildman–Crippen MR) is 69.9 cm³/mol. The first-order chi connectivity index (χ1) is 9.16. The molecule has 2 rings (SSSR count). The molecule has 0 saturated carbocycles. The molecule has 0 radical (unpaired) electrons. The van der Waals surface area contributed by atoms with Crippen LogP contribution < -0.4 is 5.11 Å². The number of hydrogen-bond acceptors (Lipinski definition) is 3. The fraction of sp³-hybridized carbons (Fsp3) is 0.333. The Morgan fingerprint density at radius 2 is 1.89 bits per heavy atom. The van der Waals surface area contributed by atoms with Crippen molar-refractivity contribution >= 4 is 17.4 Å². The smallest absolute Gasteiger partial charge is 0.223 e. The second kappa shape index (κ2) is 6.18. The number of carbonyl (C=O) groups is 2. The largest absolute Gasteiger partial charge is 0.550 e. The van der Waals surface area contributed by atoms with E-state index in [0.29, 0.717) is 13.1 Å². The van der Waals surface area contributed by atoms with Gasteiger partial charge >= 0.3 is 0 Å². The summed E-state index contributed by atoms with van der Waals surface area (Å²) in [5.41, 5.74) is 2.42. The fourth-order valence-electron chi connectivity index (χ4n) is 2.18. The average Bonchev–Trinajstić information content (AvgIpc) is 2.46. The lowest BCUT2D eigenvalue weighted by Gasteiger charge is -2.26. The van der Waals surface area contributed by atoms with Crippen molar-refractivity contribution in [2.45, 2.75) is 19.3 Å². The Labute approximate surface area is 112 Å². The number of aliphatic carboxylic acids is 1. The van der Waals surface area contributed by atoms with Crippen LogP contribution in [-0.2, 0) is 9.59 Å². The van der Waals surface area contributed by atoms with E-state index in [1.165, 1.54) is 11.1 Å². The van der Waals surface area contributed by atoms with Crippen LogP contribution in [0.15, 0.2) is 36.4 Å². The highest BCUT2D eigenvalue weighted by Crippen LogP contribution is 2.22. The summed E-state index contributed by atoms with van der Waals surface area (Å²) >= 11 is 0. The minimum absolute atomic E-state index is 0.0246. The van der Waals surface area contributed by atoms with E-state index in [0.717, 1.165) is 6.42 Å². The summed E-state index contributed by atoms with van der Waals surface area (Å²) in [5, 5.41) is 10.3. The summed E-state index contributed by atoms with van der Waals surface area (Å²) in [6.45, 7) is 1.20. The highest BCUT2D eigenvalue weighted by atomic mass is 16.4. The topological polar surface area (TPSA) is 60.4 Å². The molecule has 0 bridgehead atoms. The van der Waals surface area contributed by atoms with Crippen molar-refractivity contribution in [1.29, 1.82) is 0 Å². The van der Waals surface area contributed by atoms with Gasteiger partial charge in [-0.25, -0.2) is 0 Å². The van der Waals surface area contributed by atoms with Crippen LogP contribution in [0.1, 0.15) is 24.8 Å². The molecule has 1 aromatic carbocycles. The molecule has 4 nitrogen and oxygen atoms in total. The molecule has 0 saturated heterocycles. The molecule has 0 atom stereocenters. The zero-order valence-electron chi connectivity index (χ0n) is 10.7. The van der Waals surface area contributed by atoms with E-state index in [4.69, 9.17) is 0 Å². The minimum Gasteiger partial charge on any atom is -0.550 e. The lowest BCUT2D eigenvalue weighted by Crippen LogP contribution is -2.35. The fourth-order valence-corrected chi connectivity index (χ4v) is 2.18. The van der Waals surface area contributed by atoms with Crippen molar-refractivity contribution in [3.05, 3.63) is 42.0 Å². The maximum absolute atomic E-state index is 11.8. The van der Waals surface area contributed by atoms with Gasteiger partial charge in [-0.05, 0) is 24.0 Å².